The second kappa shape index (κ2) is 11.8. The lowest BCUT2D eigenvalue weighted by molar-refractivity contribution is -0.155. The highest BCUT2D eigenvalue weighted by Gasteiger charge is 2.33. The average molecular weight is 456 g/mol. The Labute approximate surface area is 192 Å². The van der Waals surface area contributed by atoms with Crippen molar-refractivity contribution < 1.29 is 38.1 Å². The zero-order valence-corrected chi connectivity index (χ0v) is 19.4. The maximum Gasteiger partial charge on any atom is 0.345 e. The van der Waals surface area contributed by atoms with Crippen LogP contribution in [-0.2, 0) is 19.1 Å². The Morgan fingerprint density at radius 3 is 1.55 bits per heavy atom. The van der Waals surface area contributed by atoms with Crippen molar-refractivity contribution in [3.63, 3.8) is 0 Å². The minimum Gasteiger partial charge on any atom is -0.496 e. The molecule has 0 bridgehead atoms. The Balaban J connectivity index is 2.15. The number of carbonyl (C=O) groups excluding carboxylic acids is 4. The van der Waals surface area contributed by atoms with Gasteiger partial charge in [0.2, 0.25) is 0 Å². The van der Waals surface area contributed by atoms with Gasteiger partial charge in [0, 0.05) is 0 Å². The number of carbonyl (C=O) groups is 4. The van der Waals surface area contributed by atoms with E-state index in [4.69, 9.17) is 18.9 Å². The Morgan fingerprint density at radius 2 is 1.18 bits per heavy atom. The fourth-order valence-electron chi connectivity index (χ4n) is 3.08. The van der Waals surface area contributed by atoms with Crippen LogP contribution in [0.1, 0.15) is 58.0 Å². The van der Waals surface area contributed by atoms with Crippen LogP contribution in [0.4, 0.5) is 0 Å². The van der Waals surface area contributed by atoms with E-state index >= 15 is 0 Å². The zero-order chi connectivity index (χ0) is 24.5. The molecule has 0 fully saturated rings. The summed E-state index contributed by atoms with van der Waals surface area (Å²) in [5.74, 6) is -4.52. The van der Waals surface area contributed by atoms with Crippen LogP contribution in [0.15, 0.2) is 36.4 Å². The summed E-state index contributed by atoms with van der Waals surface area (Å²) in [6.45, 7) is 5.48. The average Bonchev–Trinajstić information content (AvgIpc) is 2.79. The van der Waals surface area contributed by atoms with Crippen molar-refractivity contribution in [3.8, 4) is 11.5 Å². The predicted molar refractivity (Wildman–Crippen MR) is 119 cm³/mol. The predicted octanol–water partition coefficient (Wildman–Crippen LogP) is 4.19. The highest BCUT2D eigenvalue weighted by molar-refractivity contribution is 6.06. The van der Waals surface area contributed by atoms with Crippen molar-refractivity contribution in [2.24, 2.45) is 5.92 Å². The van der Waals surface area contributed by atoms with E-state index in [1.165, 1.54) is 38.5 Å². The van der Waals surface area contributed by atoms with Crippen molar-refractivity contribution in [2.75, 3.05) is 14.2 Å². The van der Waals surface area contributed by atoms with Gasteiger partial charge in [0.1, 0.15) is 11.5 Å². The van der Waals surface area contributed by atoms with E-state index < -0.39 is 29.8 Å². The van der Waals surface area contributed by atoms with Gasteiger partial charge in [-0.25, -0.2) is 9.59 Å². The van der Waals surface area contributed by atoms with Gasteiger partial charge in [-0.15, -0.1) is 0 Å². The van der Waals surface area contributed by atoms with Gasteiger partial charge in [-0.05, 0) is 55.7 Å². The summed E-state index contributed by atoms with van der Waals surface area (Å²) in [5.41, 5.74) is 1.79. The Hall–Kier alpha value is -3.68. The first kappa shape index (κ1) is 25.6. The van der Waals surface area contributed by atoms with Gasteiger partial charge >= 0.3 is 23.9 Å². The summed E-state index contributed by atoms with van der Waals surface area (Å²) in [5, 5.41) is 0. The summed E-state index contributed by atoms with van der Waals surface area (Å²) < 4.78 is 20.2. The lowest BCUT2D eigenvalue weighted by atomic mass is 10.0. The Kier molecular flexibility index (Phi) is 9.15. The molecule has 0 atom stereocenters. The Bertz CT molecular complexity index is 961. The molecule has 0 saturated heterocycles. The minimum atomic E-state index is -1.42. The summed E-state index contributed by atoms with van der Waals surface area (Å²) >= 11 is 0. The van der Waals surface area contributed by atoms with Crippen LogP contribution in [0.5, 0.6) is 11.5 Å². The van der Waals surface area contributed by atoms with E-state index in [1.54, 1.807) is 26.0 Å². The molecule has 0 aliphatic heterocycles. The molecular formula is C25H28O8. The molecule has 0 unspecified atom stereocenters. The normalized spacial score (nSPS) is 10.5. The van der Waals surface area contributed by atoms with Gasteiger partial charge in [-0.1, -0.05) is 31.9 Å². The monoisotopic (exact) mass is 456 g/mol. The van der Waals surface area contributed by atoms with Crippen LogP contribution < -0.4 is 9.47 Å². The van der Waals surface area contributed by atoms with Crippen molar-refractivity contribution >= 4 is 23.9 Å². The number of aryl methyl sites for hydroxylation is 2. The number of rotatable bonds is 9. The highest BCUT2D eigenvalue weighted by atomic mass is 16.6. The zero-order valence-electron chi connectivity index (χ0n) is 19.4. The van der Waals surface area contributed by atoms with Crippen molar-refractivity contribution in [1.29, 1.82) is 0 Å². The molecule has 0 spiro atoms. The second-order valence-corrected chi connectivity index (χ2v) is 7.48. The van der Waals surface area contributed by atoms with Crippen LogP contribution in [0.25, 0.3) is 0 Å². The van der Waals surface area contributed by atoms with Crippen molar-refractivity contribution in [2.45, 2.75) is 40.0 Å². The topological polar surface area (TPSA) is 105 Å². The van der Waals surface area contributed by atoms with E-state index in [9.17, 15) is 19.2 Å². The first-order valence-corrected chi connectivity index (χ1v) is 10.5. The van der Waals surface area contributed by atoms with Crippen molar-refractivity contribution in [3.05, 3.63) is 58.7 Å². The molecule has 0 heterocycles. The maximum absolute atomic E-state index is 12.7. The molecular weight excluding hydrogens is 428 g/mol. The van der Waals surface area contributed by atoms with Crippen LogP contribution in [-0.4, -0.2) is 38.1 Å². The third-order valence-electron chi connectivity index (χ3n) is 5.09. The molecule has 0 aliphatic rings. The van der Waals surface area contributed by atoms with Crippen LogP contribution >= 0.6 is 0 Å². The number of ether oxygens (including phenoxy) is 4. The largest absolute Gasteiger partial charge is 0.496 e. The van der Waals surface area contributed by atoms with E-state index in [0.29, 0.717) is 24.3 Å². The Morgan fingerprint density at radius 1 is 0.758 bits per heavy atom. The summed E-state index contributed by atoms with van der Waals surface area (Å²) in [7, 11) is 2.92. The number of hydrogen-bond donors (Lipinski definition) is 0. The molecule has 176 valence electrons. The molecule has 0 radical (unpaired) electrons. The SMILES string of the molecule is CCCCC(C(=O)OC(=O)c1ccc(C)c(OC)c1)C(=O)OC(=O)c1ccc(C)c(OC)c1. The number of esters is 4. The fourth-order valence-corrected chi connectivity index (χ4v) is 3.08. The van der Waals surface area contributed by atoms with E-state index in [0.717, 1.165) is 11.1 Å². The van der Waals surface area contributed by atoms with Gasteiger partial charge in [-0.2, -0.15) is 0 Å². The van der Waals surface area contributed by atoms with Gasteiger partial charge in [0.25, 0.3) is 0 Å². The molecule has 0 aromatic heterocycles. The lowest BCUT2D eigenvalue weighted by Gasteiger charge is -2.14. The smallest absolute Gasteiger partial charge is 0.345 e. The molecule has 0 N–H and O–H groups in total. The van der Waals surface area contributed by atoms with Gasteiger partial charge < -0.3 is 18.9 Å². The van der Waals surface area contributed by atoms with E-state index in [-0.39, 0.29) is 17.5 Å². The third kappa shape index (κ3) is 6.65. The standard InChI is InChI=1S/C25H28O8/c1-6-7-8-19(24(28)32-22(26)17-11-9-15(2)20(13-17)30-4)25(29)33-23(27)18-12-10-16(3)21(14-18)31-5/h9-14,19H,6-8H2,1-5H3. The van der Waals surface area contributed by atoms with Gasteiger partial charge in [-0.3, -0.25) is 9.59 Å². The number of benzene rings is 2. The minimum absolute atomic E-state index is 0.0726. The number of methoxy groups -OCH3 is 2. The summed E-state index contributed by atoms with van der Waals surface area (Å²) in [6, 6.07) is 9.16. The molecule has 2 aromatic rings. The molecule has 2 rings (SSSR count). The van der Waals surface area contributed by atoms with Crippen molar-refractivity contribution in [1.82, 2.24) is 0 Å². The second-order valence-electron chi connectivity index (χ2n) is 7.48. The van der Waals surface area contributed by atoms with Gasteiger partial charge in [0.05, 0.1) is 25.3 Å². The van der Waals surface area contributed by atoms with Crippen LogP contribution in [0, 0.1) is 19.8 Å². The third-order valence-corrected chi connectivity index (χ3v) is 5.09. The van der Waals surface area contributed by atoms with Crippen LogP contribution in [0.3, 0.4) is 0 Å². The molecule has 8 nitrogen and oxygen atoms in total. The summed E-state index contributed by atoms with van der Waals surface area (Å²) in [6.07, 6.45) is 1.25. The van der Waals surface area contributed by atoms with E-state index in [2.05, 4.69) is 0 Å². The maximum atomic E-state index is 12.7. The lowest BCUT2D eigenvalue weighted by Crippen LogP contribution is -2.31. The van der Waals surface area contributed by atoms with E-state index in [1.807, 2.05) is 6.92 Å². The van der Waals surface area contributed by atoms with Crippen LogP contribution in [0.2, 0.25) is 0 Å². The molecule has 0 aliphatic carbocycles. The first-order valence-electron chi connectivity index (χ1n) is 10.5. The highest BCUT2D eigenvalue weighted by Crippen LogP contribution is 2.22. The molecule has 0 saturated carbocycles. The fraction of sp³-hybridized carbons (Fsp3) is 0.360. The number of hydrogen-bond acceptors (Lipinski definition) is 8. The molecule has 8 heteroatoms. The van der Waals surface area contributed by atoms with Gasteiger partial charge in [0.15, 0.2) is 5.92 Å². The molecule has 2 aromatic carbocycles. The summed E-state index contributed by atoms with van der Waals surface area (Å²) in [4.78, 5) is 50.2. The quantitative estimate of drug-likeness (QED) is 0.408. The molecule has 0 amide bonds. The first-order chi connectivity index (χ1) is 15.7. The molecule has 33 heavy (non-hydrogen) atoms. The number of unbranched alkanes of at least 4 members (excludes halogenated alkanes) is 1.